The van der Waals surface area contributed by atoms with Crippen LogP contribution in [0.1, 0.15) is 45.1 Å². The Hall–Kier alpha value is -1.91. The van der Waals surface area contributed by atoms with E-state index in [0.29, 0.717) is 18.0 Å². The summed E-state index contributed by atoms with van der Waals surface area (Å²) < 4.78 is 13.4. The van der Waals surface area contributed by atoms with Gasteiger partial charge in [0.1, 0.15) is 5.82 Å². The molecule has 2 amide bonds. The average molecular weight is 308 g/mol. The maximum Gasteiger partial charge on any atom is 0.313 e. The van der Waals surface area contributed by atoms with Gasteiger partial charge in [-0.25, -0.2) is 4.39 Å². The van der Waals surface area contributed by atoms with E-state index in [1.54, 1.807) is 19.1 Å². The van der Waals surface area contributed by atoms with Crippen LogP contribution in [0.15, 0.2) is 18.2 Å². The molecule has 0 bridgehead atoms. The zero-order valence-corrected chi connectivity index (χ0v) is 13.5. The molecule has 0 saturated heterocycles. The van der Waals surface area contributed by atoms with E-state index in [4.69, 9.17) is 0 Å². The SMILES string of the molecule is CCCC[C@@H](CC)CNC(=O)C(=O)Nc1ccc(C)c(F)c1. The standard InChI is InChI=1S/C17H25FN2O2/c1-4-6-7-13(5-2)11-19-16(21)17(22)20-14-9-8-12(3)15(18)10-14/h8-10,13H,4-7,11H2,1-3H3,(H,19,21)(H,20,22)/t13-/m1/s1. The number of anilines is 1. The van der Waals surface area contributed by atoms with Gasteiger partial charge in [0, 0.05) is 12.2 Å². The number of hydrogen-bond donors (Lipinski definition) is 2. The van der Waals surface area contributed by atoms with Crippen molar-refractivity contribution in [3.63, 3.8) is 0 Å². The number of rotatable bonds is 7. The molecule has 0 saturated carbocycles. The molecule has 0 fully saturated rings. The Morgan fingerprint density at radius 1 is 1.23 bits per heavy atom. The summed E-state index contributed by atoms with van der Waals surface area (Å²) in [7, 11) is 0. The fraction of sp³-hybridized carbons (Fsp3) is 0.529. The molecule has 1 atom stereocenters. The molecule has 0 heterocycles. The highest BCUT2D eigenvalue weighted by molar-refractivity contribution is 6.39. The van der Waals surface area contributed by atoms with Gasteiger partial charge in [0.15, 0.2) is 0 Å². The van der Waals surface area contributed by atoms with Crippen LogP contribution in [0.5, 0.6) is 0 Å². The van der Waals surface area contributed by atoms with Crippen molar-refractivity contribution in [3.05, 3.63) is 29.6 Å². The van der Waals surface area contributed by atoms with Crippen molar-refractivity contribution in [2.45, 2.75) is 46.5 Å². The molecule has 1 aromatic carbocycles. The van der Waals surface area contributed by atoms with Gasteiger partial charge in [-0.05, 0) is 37.0 Å². The van der Waals surface area contributed by atoms with E-state index in [-0.39, 0.29) is 5.69 Å². The minimum Gasteiger partial charge on any atom is -0.348 e. The third kappa shape index (κ3) is 5.84. The first-order valence-electron chi connectivity index (χ1n) is 7.83. The number of halogens is 1. The van der Waals surface area contributed by atoms with Gasteiger partial charge in [-0.3, -0.25) is 9.59 Å². The Labute approximate surface area is 131 Å². The third-order valence-corrected chi connectivity index (χ3v) is 3.73. The number of unbranched alkanes of at least 4 members (excludes halogenated alkanes) is 1. The van der Waals surface area contributed by atoms with Gasteiger partial charge in [-0.2, -0.15) is 0 Å². The number of hydrogen-bond acceptors (Lipinski definition) is 2. The van der Waals surface area contributed by atoms with Crippen LogP contribution < -0.4 is 10.6 Å². The number of amides is 2. The quantitative estimate of drug-likeness (QED) is 0.758. The summed E-state index contributed by atoms with van der Waals surface area (Å²) in [6.07, 6.45) is 4.23. The summed E-state index contributed by atoms with van der Waals surface area (Å²) >= 11 is 0. The number of aryl methyl sites for hydroxylation is 1. The van der Waals surface area contributed by atoms with E-state index < -0.39 is 17.6 Å². The fourth-order valence-electron chi connectivity index (χ4n) is 2.12. The lowest BCUT2D eigenvalue weighted by atomic mass is 9.99. The van der Waals surface area contributed by atoms with Crippen LogP contribution in [0, 0.1) is 18.7 Å². The molecular weight excluding hydrogens is 283 g/mol. The molecule has 0 aliphatic carbocycles. The van der Waals surface area contributed by atoms with Crippen molar-refractivity contribution in [3.8, 4) is 0 Å². The molecule has 0 unspecified atom stereocenters. The molecule has 22 heavy (non-hydrogen) atoms. The molecule has 0 spiro atoms. The molecule has 1 rings (SSSR count). The molecule has 2 N–H and O–H groups in total. The Kier molecular flexibility index (Phi) is 7.57. The van der Waals surface area contributed by atoms with Crippen molar-refractivity contribution in [2.24, 2.45) is 5.92 Å². The third-order valence-electron chi connectivity index (χ3n) is 3.73. The first kappa shape index (κ1) is 18.1. The van der Waals surface area contributed by atoms with Gasteiger partial charge in [0.25, 0.3) is 0 Å². The normalized spacial score (nSPS) is 11.8. The van der Waals surface area contributed by atoms with E-state index in [0.717, 1.165) is 25.7 Å². The summed E-state index contributed by atoms with van der Waals surface area (Å²) in [5.41, 5.74) is 0.769. The Morgan fingerprint density at radius 3 is 2.55 bits per heavy atom. The Morgan fingerprint density at radius 2 is 1.95 bits per heavy atom. The molecule has 1 aromatic rings. The van der Waals surface area contributed by atoms with Crippen LogP contribution in [0.3, 0.4) is 0 Å². The zero-order valence-electron chi connectivity index (χ0n) is 13.5. The van der Waals surface area contributed by atoms with Gasteiger partial charge in [-0.1, -0.05) is 39.2 Å². The Bertz CT molecular complexity index is 517. The molecule has 122 valence electrons. The smallest absolute Gasteiger partial charge is 0.313 e. The second kappa shape index (κ2) is 9.18. The van der Waals surface area contributed by atoms with Crippen molar-refractivity contribution >= 4 is 17.5 Å². The van der Waals surface area contributed by atoms with Crippen LogP contribution >= 0.6 is 0 Å². The largest absolute Gasteiger partial charge is 0.348 e. The van der Waals surface area contributed by atoms with Gasteiger partial charge < -0.3 is 10.6 Å². The summed E-state index contributed by atoms with van der Waals surface area (Å²) in [5, 5.41) is 5.05. The lowest BCUT2D eigenvalue weighted by Gasteiger charge is -2.15. The number of carbonyl (C=O) groups is 2. The van der Waals surface area contributed by atoms with Crippen LogP contribution in [0.2, 0.25) is 0 Å². The van der Waals surface area contributed by atoms with Gasteiger partial charge in [0.05, 0.1) is 0 Å². The second-order valence-electron chi connectivity index (χ2n) is 5.54. The first-order valence-corrected chi connectivity index (χ1v) is 7.83. The highest BCUT2D eigenvalue weighted by Crippen LogP contribution is 2.14. The highest BCUT2D eigenvalue weighted by Gasteiger charge is 2.15. The summed E-state index contributed by atoms with van der Waals surface area (Å²) in [6.45, 7) is 6.32. The molecular formula is C17H25FN2O2. The summed E-state index contributed by atoms with van der Waals surface area (Å²) in [5.74, 6) is -1.48. The molecule has 0 aliphatic heterocycles. The van der Waals surface area contributed by atoms with Crippen LogP contribution in [-0.2, 0) is 9.59 Å². The minimum absolute atomic E-state index is 0.279. The monoisotopic (exact) mass is 308 g/mol. The van der Waals surface area contributed by atoms with E-state index in [2.05, 4.69) is 24.5 Å². The van der Waals surface area contributed by atoms with E-state index in [1.807, 2.05) is 0 Å². The van der Waals surface area contributed by atoms with Crippen molar-refractivity contribution in [1.29, 1.82) is 0 Å². The van der Waals surface area contributed by atoms with E-state index in [9.17, 15) is 14.0 Å². The molecule has 0 radical (unpaired) electrons. The zero-order chi connectivity index (χ0) is 16.5. The second-order valence-corrected chi connectivity index (χ2v) is 5.54. The van der Waals surface area contributed by atoms with Crippen molar-refractivity contribution < 1.29 is 14.0 Å². The summed E-state index contributed by atoms with van der Waals surface area (Å²) in [6, 6.07) is 4.33. The lowest BCUT2D eigenvalue weighted by molar-refractivity contribution is -0.136. The predicted octanol–water partition coefficient (Wildman–Crippen LogP) is 3.41. The number of carbonyl (C=O) groups excluding carboxylic acids is 2. The van der Waals surface area contributed by atoms with Gasteiger partial charge in [0.2, 0.25) is 0 Å². The van der Waals surface area contributed by atoms with Crippen molar-refractivity contribution in [1.82, 2.24) is 5.32 Å². The molecule has 5 heteroatoms. The van der Waals surface area contributed by atoms with Crippen molar-refractivity contribution in [2.75, 3.05) is 11.9 Å². The lowest BCUT2D eigenvalue weighted by Crippen LogP contribution is -2.38. The van der Waals surface area contributed by atoms with Crippen LogP contribution in [0.4, 0.5) is 10.1 Å². The van der Waals surface area contributed by atoms with E-state index in [1.165, 1.54) is 6.07 Å². The maximum absolute atomic E-state index is 13.4. The Balaban J connectivity index is 2.47. The van der Waals surface area contributed by atoms with Gasteiger partial charge >= 0.3 is 11.8 Å². The number of benzene rings is 1. The minimum atomic E-state index is -0.770. The van der Waals surface area contributed by atoms with Crippen LogP contribution in [-0.4, -0.2) is 18.4 Å². The van der Waals surface area contributed by atoms with E-state index >= 15 is 0 Å². The summed E-state index contributed by atoms with van der Waals surface area (Å²) in [4.78, 5) is 23.6. The van der Waals surface area contributed by atoms with Gasteiger partial charge in [-0.15, -0.1) is 0 Å². The fourth-order valence-corrected chi connectivity index (χ4v) is 2.12. The van der Waals surface area contributed by atoms with Crippen LogP contribution in [0.25, 0.3) is 0 Å². The predicted molar refractivity (Wildman–Crippen MR) is 86.1 cm³/mol. The molecule has 0 aliphatic rings. The molecule has 0 aromatic heterocycles. The number of nitrogens with one attached hydrogen (secondary N) is 2. The molecule has 4 nitrogen and oxygen atoms in total. The average Bonchev–Trinajstić information content (AvgIpc) is 2.50. The first-order chi connectivity index (χ1) is 10.5. The highest BCUT2D eigenvalue weighted by atomic mass is 19.1. The maximum atomic E-state index is 13.4. The topological polar surface area (TPSA) is 58.2 Å².